The monoisotopic (exact) mass is 610 g/mol. The lowest BCUT2D eigenvalue weighted by Gasteiger charge is -2.27. The fraction of sp³-hybridized carbons (Fsp3) is 0.419. The maximum absolute atomic E-state index is 12.4. The topological polar surface area (TPSA) is 94.0 Å². The minimum absolute atomic E-state index is 0.207. The fourth-order valence-electron chi connectivity index (χ4n) is 5.29. The molecule has 0 N–H and O–H groups in total. The molecule has 1 saturated heterocycles. The summed E-state index contributed by atoms with van der Waals surface area (Å²) in [6.07, 6.45) is 3.01. The van der Waals surface area contributed by atoms with E-state index >= 15 is 0 Å². The summed E-state index contributed by atoms with van der Waals surface area (Å²) in [6, 6.07) is 13.1. The highest BCUT2D eigenvalue weighted by atomic mass is 35.5. The summed E-state index contributed by atoms with van der Waals surface area (Å²) in [5.41, 5.74) is 5.91. The van der Waals surface area contributed by atoms with E-state index in [-0.39, 0.29) is 18.9 Å². The predicted molar refractivity (Wildman–Crippen MR) is 162 cm³/mol. The van der Waals surface area contributed by atoms with Gasteiger partial charge in [0.1, 0.15) is 0 Å². The average Bonchev–Trinajstić information content (AvgIpc) is 3.35. The molecular formula is C31H35ClN4O5S. The standard InChI is InChI=1S/C31H35ClN4O5S/c1-40-30(37)20-24-6-4-23(5-7-24)8-9-25-21-26(10-11-28(25)32)31-27-22-35(42(2,38)39)15-12-29(27)36(33-31)14-3-13-34-16-18-41-19-17-34/h4-7,10-11,21H,3,12-20,22H2,1-2H3. The highest BCUT2D eigenvalue weighted by Gasteiger charge is 2.30. The summed E-state index contributed by atoms with van der Waals surface area (Å²) in [7, 11) is -1.98. The molecule has 42 heavy (non-hydrogen) atoms. The zero-order valence-electron chi connectivity index (χ0n) is 23.9. The first-order chi connectivity index (χ1) is 20.2. The van der Waals surface area contributed by atoms with E-state index in [9.17, 15) is 13.2 Å². The van der Waals surface area contributed by atoms with Crippen LogP contribution in [0.1, 0.15) is 34.4 Å². The Labute approximate surface area is 252 Å². The Kier molecular flexibility index (Phi) is 9.66. The van der Waals surface area contributed by atoms with Gasteiger partial charge in [-0.15, -0.1) is 0 Å². The van der Waals surface area contributed by atoms with Crippen molar-refractivity contribution in [2.24, 2.45) is 0 Å². The molecule has 0 atom stereocenters. The Bertz CT molecular complexity index is 1600. The van der Waals surface area contributed by atoms with E-state index in [0.29, 0.717) is 23.6 Å². The highest BCUT2D eigenvalue weighted by molar-refractivity contribution is 7.88. The molecule has 0 aliphatic carbocycles. The molecule has 222 valence electrons. The molecule has 2 aromatic carbocycles. The molecule has 0 radical (unpaired) electrons. The molecule has 0 bridgehead atoms. The van der Waals surface area contributed by atoms with Crippen molar-refractivity contribution in [1.29, 1.82) is 0 Å². The van der Waals surface area contributed by atoms with Crippen LogP contribution in [-0.4, -0.2) is 86.1 Å². The van der Waals surface area contributed by atoms with Gasteiger partial charge in [0.25, 0.3) is 0 Å². The second-order valence-corrected chi connectivity index (χ2v) is 12.9. The number of aromatic nitrogens is 2. The molecule has 11 heteroatoms. The molecule has 5 rings (SSSR count). The van der Waals surface area contributed by atoms with Gasteiger partial charge in [-0.25, -0.2) is 8.42 Å². The quantitative estimate of drug-likeness (QED) is 0.285. The van der Waals surface area contributed by atoms with E-state index in [1.165, 1.54) is 17.7 Å². The van der Waals surface area contributed by atoms with Crippen LogP contribution < -0.4 is 0 Å². The second kappa shape index (κ2) is 13.4. The van der Waals surface area contributed by atoms with Crippen LogP contribution in [-0.2, 0) is 50.2 Å². The van der Waals surface area contributed by atoms with Crippen LogP contribution in [0.4, 0.5) is 0 Å². The van der Waals surface area contributed by atoms with E-state index in [1.807, 2.05) is 36.4 Å². The van der Waals surface area contributed by atoms with Crippen LogP contribution in [0.3, 0.4) is 0 Å². The summed E-state index contributed by atoms with van der Waals surface area (Å²) >= 11 is 6.54. The van der Waals surface area contributed by atoms with E-state index < -0.39 is 10.0 Å². The van der Waals surface area contributed by atoms with Gasteiger partial charge in [0.05, 0.1) is 43.7 Å². The fourth-order valence-corrected chi connectivity index (χ4v) is 6.24. The minimum atomic E-state index is -3.35. The SMILES string of the molecule is COC(=O)Cc1ccc(C#Cc2cc(-c3nn(CCCN4CCOCC4)c4c3CN(S(C)(=O)=O)CC4)ccc2Cl)cc1. The Hall–Kier alpha value is -3.20. The molecule has 2 aliphatic heterocycles. The van der Waals surface area contributed by atoms with E-state index in [2.05, 4.69) is 21.4 Å². The first kappa shape index (κ1) is 30.3. The Morgan fingerprint density at radius 2 is 1.83 bits per heavy atom. The lowest BCUT2D eigenvalue weighted by atomic mass is 10.0. The minimum Gasteiger partial charge on any atom is -0.469 e. The zero-order valence-corrected chi connectivity index (χ0v) is 25.5. The second-order valence-electron chi connectivity index (χ2n) is 10.5. The van der Waals surface area contributed by atoms with Crippen molar-refractivity contribution in [3.05, 3.63) is 75.4 Å². The number of rotatable bonds is 8. The van der Waals surface area contributed by atoms with Crippen molar-refractivity contribution in [2.45, 2.75) is 32.4 Å². The highest BCUT2D eigenvalue weighted by Crippen LogP contribution is 2.33. The molecule has 1 fully saturated rings. The van der Waals surface area contributed by atoms with Crippen molar-refractivity contribution in [3.63, 3.8) is 0 Å². The third-order valence-corrected chi connectivity index (χ3v) is 9.21. The number of nitrogens with zero attached hydrogens (tertiary/aromatic N) is 4. The van der Waals surface area contributed by atoms with E-state index in [0.717, 1.165) is 79.5 Å². The van der Waals surface area contributed by atoms with E-state index in [4.69, 9.17) is 26.2 Å². The number of morpholine rings is 1. The molecule has 0 amide bonds. The number of hydrogen-bond donors (Lipinski definition) is 0. The molecule has 0 spiro atoms. The Balaban J connectivity index is 1.41. The Morgan fingerprint density at radius 3 is 2.55 bits per heavy atom. The molecular weight excluding hydrogens is 576 g/mol. The van der Waals surface area contributed by atoms with Gasteiger partial charge in [0.2, 0.25) is 10.0 Å². The smallest absolute Gasteiger partial charge is 0.309 e. The summed E-state index contributed by atoms with van der Waals surface area (Å²) in [5.74, 6) is 6.03. The van der Waals surface area contributed by atoms with Gasteiger partial charge < -0.3 is 9.47 Å². The molecule has 3 heterocycles. The zero-order chi connectivity index (χ0) is 29.7. The van der Waals surface area contributed by atoms with Crippen molar-refractivity contribution >= 4 is 27.6 Å². The third kappa shape index (κ3) is 7.41. The van der Waals surface area contributed by atoms with Crippen LogP contribution in [0.5, 0.6) is 0 Å². The number of sulfonamides is 1. The van der Waals surface area contributed by atoms with Gasteiger partial charge in [-0.3, -0.25) is 14.4 Å². The van der Waals surface area contributed by atoms with Crippen LogP contribution in [0.15, 0.2) is 42.5 Å². The van der Waals surface area contributed by atoms with Crippen molar-refractivity contribution in [2.75, 3.05) is 52.8 Å². The lowest BCUT2D eigenvalue weighted by molar-refractivity contribution is -0.139. The summed E-state index contributed by atoms with van der Waals surface area (Å²) < 4.78 is 38.6. The van der Waals surface area contributed by atoms with Crippen LogP contribution >= 0.6 is 11.6 Å². The van der Waals surface area contributed by atoms with Gasteiger partial charge >= 0.3 is 5.97 Å². The number of halogens is 1. The van der Waals surface area contributed by atoms with Crippen LogP contribution in [0.25, 0.3) is 11.3 Å². The predicted octanol–water partition coefficient (Wildman–Crippen LogP) is 3.36. The number of methoxy groups -OCH3 is 1. The van der Waals surface area contributed by atoms with Gasteiger partial charge in [0.15, 0.2) is 0 Å². The van der Waals surface area contributed by atoms with Gasteiger partial charge in [0, 0.05) is 73.6 Å². The summed E-state index contributed by atoms with van der Waals surface area (Å²) in [6.45, 7) is 5.87. The molecule has 0 saturated carbocycles. The molecule has 9 nitrogen and oxygen atoms in total. The average molecular weight is 611 g/mol. The molecule has 0 unspecified atom stereocenters. The first-order valence-corrected chi connectivity index (χ1v) is 16.3. The van der Waals surface area contributed by atoms with Crippen LogP contribution in [0, 0.1) is 11.8 Å². The van der Waals surface area contributed by atoms with Gasteiger partial charge in [-0.1, -0.05) is 41.6 Å². The van der Waals surface area contributed by atoms with Crippen molar-refractivity contribution in [3.8, 4) is 23.1 Å². The number of aryl methyl sites for hydroxylation is 1. The number of hydrogen-bond acceptors (Lipinski definition) is 7. The normalized spacial score (nSPS) is 16.0. The van der Waals surface area contributed by atoms with Crippen molar-refractivity contribution in [1.82, 2.24) is 19.0 Å². The summed E-state index contributed by atoms with van der Waals surface area (Å²) in [4.78, 5) is 13.9. The van der Waals surface area contributed by atoms with Crippen molar-refractivity contribution < 1.29 is 22.7 Å². The molecule has 1 aromatic heterocycles. The maximum atomic E-state index is 12.4. The third-order valence-electron chi connectivity index (χ3n) is 7.63. The van der Waals surface area contributed by atoms with Gasteiger partial charge in [-0.2, -0.15) is 9.40 Å². The number of benzene rings is 2. The van der Waals surface area contributed by atoms with Gasteiger partial charge in [-0.05, 0) is 36.2 Å². The number of esters is 1. The molecule has 2 aliphatic rings. The van der Waals surface area contributed by atoms with E-state index in [1.54, 1.807) is 6.07 Å². The first-order valence-electron chi connectivity index (χ1n) is 14.0. The lowest BCUT2D eigenvalue weighted by Crippen LogP contribution is -2.37. The summed E-state index contributed by atoms with van der Waals surface area (Å²) in [5, 5.41) is 5.53. The number of ether oxygens (including phenoxy) is 2. The maximum Gasteiger partial charge on any atom is 0.309 e. The number of carbonyl (C=O) groups is 1. The number of fused-ring (bicyclic) bond motifs is 1. The van der Waals surface area contributed by atoms with Crippen LogP contribution in [0.2, 0.25) is 5.02 Å². The number of carbonyl (C=O) groups excluding carboxylic acids is 1. The largest absolute Gasteiger partial charge is 0.469 e. The Morgan fingerprint density at radius 1 is 1.07 bits per heavy atom. The molecule has 3 aromatic rings.